The summed E-state index contributed by atoms with van der Waals surface area (Å²) in [5.74, 6) is 0. The zero-order valence-corrected chi connectivity index (χ0v) is 17.9. The van der Waals surface area contributed by atoms with Gasteiger partial charge in [0.15, 0.2) is 0 Å². The lowest BCUT2D eigenvalue weighted by Gasteiger charge is -2.44. The summed E-state index contributed by atoms with van der Waals surface area (Å²) in [5.41, 5.74) is 1.54. The molecule has 3 aromatic rings. The third-order valence-electron chi connectivity index (χ3n) is 5.67. The van der Waals surface area contributed by atoms with Gasteiger partial charge in [0.2, 0.25) is 0 Å². The molecule has 0 aliphatic rings. The SMILES string of the molecule is Cc1cc(C[Si](c2ccccc2)(c2ccccc2)C(C)(C)C)[nH]c(=O)c1C#N. The standard InChI is InChI=1S/C24H26N2OSi/c1-18-15-19(26-23(27)22(18)16-25)17-28(24(2,3)4,20-11-7-5-8-12-20)21-13-9-6-10-14-21/h5-15H,17H2,1-4H3,(H,26,27). The van der Waals surface area contributed by atoms with Crippen molar-refractivity contribution >= 4 is 18.4 Å². The molecule has 0 spiro atoms. The van der Waals surface area contributed by atoms with Crippen molar-refractivity contribution in [3.63, 3.8) is 0 Å². The molecule has 0 radical (unpaired) electrons. The molecule has 0 fully saturated rings. The van der Waals surface area contributed by atoms with Gasteiger partial charge in [0.05, 0.1) is 0 Å². The first kappa shape index (κ1) is 19.8. The van der Waals surface area contributed by atoms with Gasteiger partial charge < -0.3 is 4.98 Å². The van der Waals surface area contributed by atoms with Gasteiger partial charge in [0, 0.05) is 5.69 Å². The van der Waals surface area contributed by atoms with Crippen LogP contribution in [0.4, 0.5) is 0 Å². The van der Waals surface area contributed by atoms with E-state index in [-0.39, 0.29) is 16.2 Å². The molecule has 4 heteroatoms. The molecule has 0 bridgehead atoms. The molecular formula is C24H26N2OSi. The molecule has 28 heavy (non-hydrogen) atoms. The number of pyridine rings is 1. The highest BCUT2D eigenvalue weighted by atomic mass is 28.3. The van der Waals surface area contributed by atoms with Crippen LogP contribution in [0.1, 0.15) is 37.6 Å². The Labute approximate surface area is 167 Å². The normalized spacial score (nSPS) is 11.8. The van der Waals surface area contributed by atoms with Crippen molar-refractivity contribution in [3.05, 3.63) is 93.9 Å². The lowest BCUT2D eigenvalue weighted by Crippen LogP contribution is -2.66. The smallest absolute Gasteiger partial charge is 0.266 e. The summed E-state index contributed by atoms with van der Waals surface area (Å²) < 4.78 is 0. The monoisotopic (exact) mass is 386 g/mol. The largest absolute Gasteiger partial charge is 0.325 e. The molecule has 1 aromatic heterocycles. The van der Waals surface area contributed by atoms with Gasteiger partial charge in [-0.05, 0) is 29.6 Å². The molecule has 142 valence electrons. The zero-order chi connectivity index (χ0) is 20.4. The molecule has 0 unspecified atom stereocenters. The highest BCUT2D eigenvalue weighted by molar-refractivity contribution is 7.03. The second-order valence-electron chi connectivity index (χ2n) is 8.36. The van der Waals surface area contributed by atoms with E-state index in [9.17, 15) is 10.1 Å². The summed E-state index contributed by atoms with van der Waals surface area (Å²) in [4.78, 5) is 15.4. The maximum absolute atomic E-state index is 12.4. The molecule has 1 N–H and O–H groups in total. The molecule has 0 saturated carbocycles. The lowest BCUT2D eigenvalue weighted by atomic mass is 10.1. The number of aryl methyl sites for hydroxylation is 1. The number of nitrogens with zero attached hydrogens (tertiary/aromatic N) is 1. The summed E-state index contributed by atoms with van der Waals surface area (Å²) in [7, 11) is -2.32. The maximum Gasteiger partial charge on any atom is 0.266 e. The number of H-pyrrole nitrogens is 1. The third-order valence-corrected chi connectivity index (χ3v) is 11.8. The summed E-state index contributed by atoms with van der Waals surface area (Å²) in [6, 6.07) is 26.1. The van der Waals surface area contributed by atoms with E-state index in [1.807, 2.05) is 31.2 Å². The van der Waals surface area contributed by atoms with E-state index in [2.05, 4.69) is 74.3 Å². The van der Waals surface area contributed by atoms with Gasteiger partial charge in [-0.2, -0.15) is 5.26 Å². The Hall–Kier alpha value is -2.90. The Morgan fingerprint density at radius 3 is 1.86 bits per heavy atom. The summed E-state index contributed by atoms with van der Waals surface area (Å²) in [5, 5.41) is 11.9. The fraction of sp³-hybridized carbons (Fsp3) is 0.250. The lowest BCUT2D eigenvalue weighted by molar-refractivity contribution is 0.723. The average Bonchev–Trinajstić information content (AvgIpc) is 2.66. The van der Waals surface area contributed by atoms with Gasteiger partial charge in [-0.1, -0.05) is 91.8 Å². The number of benzene rings is 2. The predicted molar refractivity (Wildman–Crippen MR) is 118 cm³/mol. The Morgan fingerprint density at radius 2 is 1.46 bits per heavy atom. The number of hydrogen-bond donors (Lipinski definition) is 1. The van der Waals surface area contributed by atoms with Crippen LogP contribution in [0.2, 0.25) is 5.04 Å². The van der Waals surface area contributed by atoms with Crippen molar-refractivity contribution in [1.29, 1.82) is 5.26 Å². The Morgan fingerprint density at radius 1 is 0.964 bits per heavy atom. The van der Waals surface area contributed by atoms with Gasteiger partial charge in [0.1, 0.15) is 19.7 Å². The first-order valence-electron chi connectivity index (χ1n) is 9.53. The number of nitriles is 1. The summed E-state index contributed by atoms with van der Waals surface area (Å²) in [6.07, 6.45) is 0. The van der Waals surface area contributed by atoms with Gasteiger partial charge in [-0.15, -0.1) is 0 Å². The zero-order valence-electron chi connectivity index (χ0n) is 16.9. The van der Waals surface area contributed by atoms with Gasteiger partial charge in [-0.3, -0.25) is 4.79 Å². The van der Waals surface area contributed by atoms with Crippen molar-refractivity contribution in [1.82, 2.24) is 4.98 Å². The van der Waals surface area contributed by atoms with E-state index >= 15 is 0 Å². The Bertz CT molecular complexity index is 1020. The highest BCUT2D eigenvalue weighted by Crippen LogP contribution is 2.37. The van der Waals surface area contributed by atoms with E-state index in [4.69, 9.17) is 0 Å². The average molecular weight is 387 g/mol. The minimum Gasteiger partial charge on any atom is -0.325 e. The van der Waals surface area contributed by atoms with Crippen LogP contribution in [0.15, 0.2) is 71.5 Å². The molecular weight excluding hydrogens is 360 g/mol. The van der Waals surface area contributed by atoms with E-state index in [0.29, 0.717) is 0 Å². The van der Waals surface area contributed by atoms with Gasteiger partial charge in [-0.25, -0.2) is 0 Å². The van der Waals surface area contributed by atoms with E-state index < -0.39 is 8.07 Å². The van der Waals surface area contributed by atoms with Gasteiger partial charge in [0.25, 0.3) is 5.56 Å². The van der Waals surface area contributed by atoms with Crippen molar-refractivity contribution in [2.45, 2.75) is 38.8 Å². The fourth-order valence-electron chi connectivity index (χ4n) is 4.22. The van der Waals surface area contributed by atoms with Crippen LogP contribution in [0, 0.1) is 18.3 Å². The highest BCUT2D eigenvalue weighted by Gasteiger charge is 2.47. The third kappa shape index (κ3) is 3.46. The number of aromatic amines is 1. The summed E-state index contributed by atoms with van der Waals surface area (Å²) >= 11 is 0. The molecule has 0 atom stereocenters. The van der Waals surface area contributed by atoms with Crippen molar-refractivity contribution in [2.75, 3.05) is 0 Å². The Kier molecular flexibility index (Phi) is 5.40. The van der Waals surface area contributed by atoms with Crippen molar-refractivity contribution in [3.8, 4) is 6.07 Å². The van der Waals surface area contributed by atoms with E-state index in [1.165, 1.54) is 10.4 Å². The van der Waals surface area contributed by atoms with Crippen LogP contribution in [-0.4, -0.2) is 13.1 Å². The van der Waals surface area contributed by atoms with Crippen LogP contribution in [0.25, 0.3) is 0 Å². The molecule has 2 aromatic carbocycles. The van der Waals surface area contributed by atoms with Gasteiger partial charge >= 0.3 is 0 Å². The topological polar surface area (TPSA) is 56.6 Å². The van der Waals surface area contributed by atoms with E-state index in [0.717, 1.165) is 17.3 Å². The van der Waals surface area contributed by atoms with Crippen LogP contribution in [-0.2, 0) is 6.04 Å². The second-order valence-corrected chi connectivity index (χ2v) is 13.2. The maximum atomic E-state index is 12.4. The minimum atomic E-state index is -2.32. The van der Waals surface area contributed by atoms with Crippen LogP contribution >= 0.6 is 0 Å². The predicted octanol–water partition coefficient (Wildman–Crippen LogP) is 3.70. The van der Waals surface area contributed by atoms with Crippen LogP contribution in [0.5, 0.6) is 0 Å². The number of aromatic nitrogens is 1. The fourth-order valence-corrected chi connectivity index (χ4v) is 9.51. The second kappa shape index (κ2) is 7.61. The molecule has 0 aliphatic heterocycles. The number of hydrogen-bond acceptors (Lipinski definition) is 2. The number of rotatable bonds is 4. The van der Waals surface area contributed by atoms with E-state index in [1.54, 1.807) is 0 Å². The molecule has 0 aliphatic carbocycles. The summed E-state index contributed by atoms with van der Waals surface area (Å²) in [6.45, 7) is 8.73. The molecule has 1 heterocycles. The molecule has 3 rings (SSSR count). The minimum absolute atomic E-state index is 0.00833. The van der Waals surface area contributed by atoms with Crippen molar-refractivity contribution < 1.29 is 0 Å². The first-order chi connectivity index (χ1) is 13.3. The first-order valence-corrected chi connectivity index (χ1v) is 11.7. The molecule has 0 amide bonds. The van der Waals surface area contributed by atoms with Crippen molar-refractivity contribution in [2.24, 2.45) is 0 Å². The van der Waals surface area contributed by atoms with Crippen LogP contribution in [0.3, 0.4) is 0 Å². The Balaban J connectivity index is 2.29. The molecule has 3 nitrogen and oxygen atoms in total. The van der Waals surface area contributed by atoms with Crippen LogP contribution < -0.4 is 15.9 Å². The quantitative estimate of drug-likeness (QED) is 0.695. The molecule has 0 saturated heterocycles. The number of nitrogens with one attached hydrogen (secondary N) is 1.